The fraction of sp³-hybridized carbons (Fsp3) is 0.467. The summed E-state index contributed by atoms with van der Waals surface area (Å²) in [4.78, 5) is 15.0. The summed E-state index contributed by atoms with van der Waals surface area (Å²) in [7, 11) is 0. The predicted octanol–water partition coefficient (Wildman–Crippen LogP) is 3.07. The molecule has 22 heavy (non-hydrogen) atoms. The largest absolute Gasteiger partial charge is 0.334 e. The number of aromatic nitrogens is 2. The van der Waals surface area contributed by atoms with Gasteiger partial charge in [0.2, 0.25) is 0 Å². The molecular weight excluding hydrogens is 284 g/mol. The lowest BCUT2D eigenvalue weighted by atomic mass is 9.82. The average molecular weight is 302 g/mol. The lowest BCUT2D eigenvalue weighted by Crippen LogP contribution is -2.39. The average Bonchev–Trinajstić information content (AvgIpc) is 2.98. The third-order valence-electron chi connectivity index (χ3n) is 4.35. The Morgan fingerprint density at radius 2 is 2.05 bits per heavy atom. The highest BCUT2D eigenvalue weighted by molar-refractivity contribution is 5.64. The number of benzene rings is 1. The summed E-state index contributed by atoms with van der Waals surface area (Å²) in [6, 6.07) is 4.81. The fourth-order valence-electron chi connectivity index (χ4n) is 2.99. The van der Waals surface area contributed by atoms with Gasteiger partial charge in [-0.2, -0.15) is 4.98 Å². The Bertz CT molecular complexity index is 705. The summed E-state index contributed by atoms with van der Waals surface area (Å²) in [6.07, 6.45) is 4.94. The molecule has 1 aromatic heterocycles. The molecule has 2 aromatic rings. The zero-order valence-corrected chi connectivity index (χ0v) is 12.4. The van der Waals surface area contributed by atoms with E-state index in [2.05, 4.69) is 10.1 Å². The Hall–Kier alpha value is -2.28. The van der Waals surface area contributed by atoms with Crippen molar-refractivity contribution in [1.82, 2.24) is 10.1 Å². The van der Waals surface area contributed by atoms with Crippen LogP contribution >= 0.6 is 0 Å². The van der Waals surface area contributed by atoms with Gasteiger partial charge in [-0.05, 0) is 25.8 Å². The van der Waals surface area contributed by atoms with Crippen LogP contribution in [0.5, 0.6) is 0 Å². The van der Waals surface area contributed by atoms with E-state index in [4.69, 9.17) is 10.3 Å². The van der Waals surface area contributed by atoms with Crippen molar-refractivity contribution >= 4 is 5.69 Å². The van der Waals surface area contributed by atoms with Crippen LogP contribution in [0.25, 0.3) is 11.5 Å². The summed E-state index contributed by atoms with van der Waals surface area (Å²) in [5.41, 5.74) is 6.97. The first-order valence-electron chi connectivity index (χ1n) is 7.39. The Morgan fingerprint density at radius 3 is 2.73 bits per heavy atom. The van der Waals surface area contributed by atoms with E-state index in [1.807, 2.05) is 0 Å². The standard InChI is InChI=1S/C15H18N4O3/c1-10-11(6-5-7-12(10)19(20)21)13-17-14(18-22-13)15(16)8-3-2-4-9-15/h5-7H,2-4,8-9,16H2,1H3. The molecule has 7 heteroatoms. The Kier molecular flexibility index (Phi) is 3.66. The van der Waals surface area contributed by atoms with E-state index in [1.165, 1.54) is 12.5 Å². The first-order valence-corrected chi connectivity index (χ1v) is 7.39. The van der Waals surface area contributed by atoms with Gasteiger partial charge >= 0.3 is 0 Å². The Morgan fingerprint density at radius 1 is 1.32 bits per heavy atom. The highest BCUT2D eigenvalue weighted by Crippen LogP contribution is 2.35. The van der Waals surface area contributed by atoms with Crippen molar-refractivity contribution in [2.24, 2.45) is 5.73 Å². The lowest BCUT2D eigenvalue weighted by molar-refractivity contribution is -0.385. The summed E-state index contributed by atoms with van der Waals surface area (Å²) in [5, 5.41) is 15.1. The molecule has 0 radical (unpaired) electrons. The number of nitro groups is 1. The van der Waals surface area contributed by atoms with Crippen LogP contribution < -0.4 is 5.73 Å². The van der Waals surface area contributed by atoms with E-state index in [0.717, 1.165) is 25.7 Å². The second-order valence-corrected chi connectivity index (χ2v) is 5.85. The van der Waals surface area contributed by atoms with Crippen molar-refractivity contribution in [3.8, 4) is 11.5 Å². The maximum Gasteiger partial charge on any atom is 0.273 e. The van der Waals surface area contributed by atoms with Gasteiger partial charge in [-0.1, -0.05) is 30.5 Å². The lowest BCUT2D eigenvalue weighted by Gasteiger charge is -2.29. The summed E-state index contributed by atoms with van der Waals surface area (Å²) in [6.45, 7) is 1.68. The van der Waals surface area contributed by atoms with Crippen molar-refractivity contribution < 1.29 is 9.45 Å². The molecule has 0 saturated heterocycles. The second kappa shape index (κ2) is 5.49. The molecule has 0 spiro atoms. The van der Waals surface area contributed by atoms with Gasteiger partial charge in [0.1, 0.15) is 0 Å². The number of nitrogens with two attached hydrogens (primary N) is 1. The molecule has 0 unspecified atom stereocenters. The Balaban J connectivity index is 1.98. The van der Waals surface area contributed by atoms with Gasteiger partial charge in [0.05, 0.1) is 10.5 Å². The number of rotatable bonds is 3. The van der Waals surface area contributed by atoms with Gasteiger partial charge in [-0.3, -0.25) is 10.1 Å². The van der Waals surface area contributed by atoms with E-state index >= 15 is 0 Å². The fourth-order valence-corrected chi connectivity index (χ4v) is 2.99. The minimum atomic E-state index is -0.547. The molecule has 116 valence electrons. The maximum atomic E-state index is 11.0. The maximum absolute atomic E-state index is 11.0. The summed E-state index contributed by atoms with van der Waals surface area (Å²) < 4.78 is 5.32. The molecule has 0 atom stereocenters. The number of hydrogen-bond acceptors (Lipinski definition) is 6. The number of nitrogens with zero attached hydrogens (tertiary/aromatic N) is 3. The van der Waals surface area contributed by atoms with Gasteiger partial charge in [0.15, 0.2) is 5.82 Å². The van der Waals surface area contributed by atoms with E-state index in [-0.39, 0.29) is 11.6 Å². The van der Waals surface area contributed by atoms with Crippen LogP contribution in [0.2, 0.25) is 0 Å². The molecule has 1 aromatic carbocycles. The van der Waals surface area contributed by atoms with E-state index in [0.29, 0.717) is 17.0 Å². The minimum Gasteiger partial charge on any atom is -0.334 e. The molecule has 0 bridgehead atoms. The number of hydrogen-bond donors (Lipinski definition) is 1. The molecular formula is C15H18N4O3. The third-order valence-corrected chi connectivity index (χ3v) is 4.35. The molecule has 0 aliphatic heterocycles. The van der Waals surface area contributed by atoms with Gasteiger partial charge < -0.3 is 10.3 Å². The van der Waals surface area contributed by atoms with Crippen LogP contribution in [0.1, 0.15) is 43.5 Å². The van der Waals surface area contributed by atoms with Gasteiger partial charge in [0, 0.05) is 17.2 Å². The van der Waals surface area contributed by atoms with E-state index in [1.54, 1.807) is 19.1 Å². The zero-order valence-electron chi connectivity index (χ0n) is 12.4. The van der Waals surface area contributed by atoms with Crippen molar-refractivity contribution in [3.63, 3.8) is 0 Å². The molecule has 3 rings (SSSR count). The highest BCUT2D eigenvalue weighted by atomic mass is 16.6. The number of nitro benzene ring substituents is 1. The summed E-state index contributed by atoms with van der Waals surface area (Å²) in [5.74, 6) is 0.778. The van der Waals surface area contributed by atoms with Crippen molar-refractivity contribution in [2.75, 3.05) is 0 Å². The molecule has 0 amide bonds. The van der Waals surface area contributed by atoms with Crippen LogP contribution in [0, 0.1) is 17.0 Å². The van der Waals surface area contributed by atoms with E-state index < -0.39 is 10.5 Å². The SMILES string of the molecule is Cc1c(-c2nc(C3(N)CCCCC3)no2)cccc1[N+](=O)[O-]. The zero-order chi connectivity index (χ0) is 15.7. The molecule has 1 heterocycles. The van der Waals surface area contributed by atoms with Crippen LogP contribution in [-0.2, 0) is 5.54 Å². The molecule has 7 nitrogen and oxygen atoms in total. The molecule has 1 aliphatic rings. The van der Waals surface area contributed by atoms with Gasteiger partial charge in [0.25, 0.3) is 11.6 Å². The normalized spacial score (nSPS) is 17.4. The van der Waals surface area contributed by atoms with Crippen molar-refractivity contribution in [1.29, 1.82) is 0 Å². The van der Waals surface area contributed by atoms with Gasteiger partial charge in [-0.25, -0.2) is 0 Å². The van der Waals surface area contributed by atoms with Crippen LogP contribution in [0.3, 0.4) is 0 Å². The molecule has 1 fully saturated rings. The monoisotopic (exact) mass is 302 g/mol. The van der Waals surface area contributed by atoms with Crippen molar-refractivity contribution in [3.05, 3.63) is 39.7 Å². The minimum absolute atomic E-state index is 0.0392. The van der Waals surface area contributed by atoms with Crippen LogP contribution in [-0.4, -0.2) is 15.1 Å². The quantitative estimate of drug-likeness (QED) is 0.689. The molecule has 1 saturated carbocycles. The topological polar surface area (TPSA) is 108 Å². The van der Waals surface area contributed by atoms with Gasteiger partial charge in [-0.15, -0.1) is 0 Å². The van der Waals surface area contributed by atoms with Crippen LogP contribution in [0.4, 0.5) is 5.69 Å². The second-order valence-electron chi connectivity index (χ2n) is 5.85. The first kappa shape index (κ1) is 14.6. The predicted molar refractivity (Wildman–Crippen MR) is 80.1 cm³/mol. The van der Waals surface area contributed by atoms with Crippen LogP contribution in [0.15, 0.2) is 22.7 Å². The third kappa shape index (κ3) is 2.48. The Labute approximate surface area is 127 Å². The first-order chi connectivity index (χ1) is 10.5. The smallest absolute Gasteiger partial charge is 0.273 e. The summed E-state index contributed by atoms with van der Waals surface area (Å²) >= 11 is 0. The molecule has 2 N–H and O–H groups in total. The van der Waals surface area contributed by atoms with E-state index in [9.17, 15) is 10.1 Å². The highest BCUT2D eigenvalue weighted by Gasteiger charge is 2.34. The van der Waals surface area contributed by atoms with Crippen molar-refractivity contribution in [2.45, 2.75) is 44.6 Å². The molecule has 1 aliphatic carbocycles.